The maximum Gasteiger partial charge on any atom is 0.223 e. The summed E-state index contributed by atoms with van der Waals surface area (Å²) < 4.78 is 29.9. The highest BCUT2D eigenvalue weighted by atomic mass is 32.2. The van der Waals surface area contributed by atoms with Gasteiger partial charge in [-0.05, 0) is 25.8 Å². The van der Waals surface area contributed by atoms with Crippen LogP contribution < -0.4 is 10.1 Å². The minimum absolute atomic E-state index is 0.0237. The number of hydrogen-bond donors (Lipinski definition) is 1. The lowest BCUT2D eigenvalue weighted by Crippen LogP contribution is -2.42. The number of sulfonamides is 1. The Hall–Kier alpha value is -1.60. The molecular formula is C16H24N2O4S. The van der Waals surface area contributed by atoms with Gasteiger partial charge in [0.2, 0.25) is 15.9 Å². The van der Waals surface area contributed by atoms with E-state index in [1.807, 2.05) is 31.2 Å². The van der Waals surface area contributed by atoms with Crippen LogP contribution in [0.5, 0.6) is 5.75 Å². The van der Waals surface area contributed by atoms with Gasteiger partial charge in [-0.3, -0.25) is 4.79 Å². The lowest BCUT2D eigenvalue weighted by atomic mass is 9.97. The summed E-state index contributed by atoms with van der Waals surface area (Å²) in [6.07, 6.45) is 2.33. The van der Waals surface area contributed by atoms with Gasteiger partial charge in [0, 0.05) is 31.1 Å². The van der Waals surface area contributed by atoms with Crippen LogP contribution in [0.3, 0.4) is 0 Å². The van der Waals surface area contributed by atoms with Crippen LogP contribution in [0.4, 0.5) is 0 Å². The Kier molecular flexibility index (Phi) is 6.01. The van der Waals surface area contributed by atoms with Crippen molar-refractivity contribution in [3.63, 3.8) is 0 Å². The smallest absolute Gasteiger partial charge is 0.223 e. The topological polar surface area (TPSA) is 75.7 Å². The van der Waals surface area contributed by atoms with Crippen LogP contribution in [0.25, 0.3) is 0 Å². The second-order valence-corrected chi connectivity index (χ2v) is 7.68. The zero-order valence-corrected chi connectivity index (χ0v) is 14.4. The van der Waals surface area contributed by atoms with Gasteiger partial charge in [0.05, 0.1) is 12.9 Å². The van der Waals surface area contributed by atoms with Crippen LogP contribution in [-0.4, -0.2) is 44.6 Å². The van der Waals surface area contributed by atoms with Crippen LogP contribution in [0.15, 0.2) is 24.3 Å². The van der Waals surface area contributed by atoms with Crippen molar-refractivity contribution in [1.82, 2.24) is 9.62 Å². The van der Waals surface area contributed by atoms with Crippen LogP contribution in [-0.2, 0) is 21.4 Å². The summed E-state index contributed by atoms with van der Waals surface area (Å²) in [4.78, 5) is 12.3. The van der Waals surface area contributed by atoms with Gasteiger partial charge in [-0.1, -0.05) is 18.2 Å². The monoisotopic (exact) mass is 340 g/mol. The van der Waals surface area contributed by atoms with Crippen molar-refractivity contribution in [2.24, 2.45) is 5.92 Å². The minimum atomic E-state index is -3.16. The fourth-order valence-corrected chi connectivity index (χ4v) is 3.60. The van der Waals surface area contributed by atoms with E-state index in [0.717, 1.165) is 11.3 Å². The number of ether oxygens (including phenoxy) is 1. The number of rotatable bonds is 6. The molecule has 1 aromatic rings. The van der Waals surface area contributed by atoms with Crippen molar-refractivity contribution >= 4 is 15.9 Å². The van der Waals surface area contributed by atoms with E-state index in [4.69, 9.17) is 4.74 Å². The highest BCUT2D eigenvalue weighted by Crippen LogP contribution is 2.21. The average Bonchev–Trinajstić information content (AvgIpc) is 2.53. The molecule has 7 heteroatoms. The van der Waals surface area contributed by atoms with E-state index < -0.39 is 10.0 Å². The van der Waals surface area contributed by atoms with Crippen LogP contribution in [0, 0.1) is 5.92 Å². The molecule has 0 aromatic heterocycles. The molecule has 0 unspecified atom stereocenters. The molecule has 1 amide bonds. The van der Waals surface area contributed by atoms with Gasteiger partial charge in [-0.15, -0.1) is 0 Å². The lowest BCUT2D eigenvalue weighted by molar-refractivity contribution is -0.126. The summed E-state index contributed by atoms with van der Waals surface area (Å²) in [5.41, 5.74) is 0.941. The standard InChI is InChI=1S/C16H24N2O4S/c1-3-22-15-7-5-4-6-14(15)12-17-16(19)13-8-10-18(11-9-13)23(2,20)21/h4-7,13H,3,8-12H2,1-2H3,(H,17,19). The molecule has 1 aliphatic rings. The third-order valence-corrected chi connectivity index (χ3v) is 5.32. The second kappa shape index (κ2) is 7.79. The van der Waals surface area contributed by atoms with Crippen molar-refractivity contribution < 1.29 is 17.9 Å². The van der Waals surface area contributed by atoms with Gasteiger partial charge in [-0.2, -0.15) is 0 Å². The molecule has 23 heavy (non-hydrogen) atoms. The number of amides is 1. The van der Waals surface area contributed by atoms with E-state index in [0.29, 0.717) is 39.1 Å². The summed E-state index contributed by atoms with van der Waals surface area (Å²) in [5.74, 6) is 0.624. The number of carbonyl (C=O) groups excluding carboxylic acids is 1. The molecule has 0 radical (unpaired) electrons. The Morgan fingerprint density at radius 3 is 2.57 bits per heavy atom. The lowest BCUT2D eigenvalue weighted by Gasteiger charge is -2.29. The third-order valence-electron chi connectivity index (χ3n) is 4.02. The van der Waals surface area contributed by atoms with Crippen LogP contribution in [0.1, 0.15) is 25.3 Å². The molecule has 6 nitrogen and oxygen atoms in total. The van der Waals surface area contributed by atoms with Crippen molar-refractivity contribution in [1.29, 1.82) is 0 Å². The summed E-state index contributed by atoms with van der Waals surface area (Å²) in [6, 6.07) is 7.62. The number of piperidine rings is 1. The zero-order valence-electron chi connectivity index (χ0n) is 13.6. The predicted octanol–water partition coefficient (Wildman–Crippen LogP) is 1.37. The van der Waals surface area contributed by atoms with Crippen molar-refractivity contribution in [3.05, 3.63) is 29.8 Å². The normalized spacial score (nSPS) is 17.0. The minimum Gasteiger partial charge on any atom is -0.494 e. The molecule has 0 aliphatic carbocycles. The third kappa shape index (κ3) is 4.94. The van der Waals surface area contributed by atoms with E-state index in [9.17, 15) is 13.2 Å². The number of nitrogens with zero attached hydrogens (tertiary/aromatic N) is 1. The summed E-state index contributed by atoms with van der Waals surface area (Å²) >= 11 is 0. The largest absolute Gasteiger partial charge is 0.494 e. The first kappa shape index (κ1) is 17.7. The fourth-order valence-electron chi connectivity index (χ4n) is 2.72. The van der Waals surface area contributed by atoms with Gasteiger partial charge in [0.1, 0.15) is 5.75 Å². The average molecular weight is 340 g/mol. The van der Waals surface area contributed by atoms with Crippen molar-refractivity contribution in [2.45, 2.75) is 26.3 Å². The highest BCUT2D eigenvalue weighted by molar-refractivity contribution is 7.88. The second-order valence-electron chi connectivity index (χ2n) is 5.69. The highest BCUT2D eigenvalue weighted by Gasteiger charge is 2.28. The maximum atomic E-state index is 12.3. The number of carbonyl (C=O) groups is 1. The van der Waals surface area contributed by atoms with Gasteiger partial charge >= 0.3 is 0 Å². The molecule has 0 saturated carbocycles. The van der Waals surface area contributed by atoms with E-state index >= 15 is 0 Å². The zero-order chi connectivity index (χ0) is 16.9. The molecule has 2 rings (SSSR count). The number of nitrogens with one attached hydrogen (secondary N) is 1. The fraction of sp³-hybridized carbons (Fsp3) is 0.562. The quantitative estimate of drug-likeness (QED) is 0.849. The Bertz CT molecular complexity index is 637. The maximum absolute atomic E-state index is 12.3. The Labute approximate surface area is 137 Å². The molecule has 0 atom stereocenters. The molecule has 1 aromatic carbocycles. The molecular weight excluding hydrogens is 316 g/mol. The summed E-state index contributed by atoms with van der Waals surface area (Å²) in [5, 5.41) is 2.93. The van der Waals surface area contributed by atoms with Crippen molar-refractivity contribution in [3.8, 4) is 5.75 Å². The summed E-state index contributed by atoms with van der Waals surface area (Å²) in [6.45, 7) is 3.74. The number of benzene rings is 1. The number of para-hydroxylation sites is 1. The van der Waals surface area contributed by atoms with Crippen LogP contribution in [0.2, 0.25) is 0 Å². The number of hydrogen-bond acceptors (Lipinski definition) is 4. The van der Waals surface area contributed by atoms with Crippen molar-refractivity contribution in [2.75, 3.05) is 26.0 Å². The molecule has 1 N–H and O–H groups in total. The van der Waals surface area contributed by atoms with E-state index in [1.165, 1.54) is 10.6 Å². The first-order chi connectivity index (χ1) is 10.9. The molecule has 128 valence electrons. The molecule has 1 aliphatic heterocycles. The molecule has 1 fully saturated rings. The van der Waals surface area contributed by atoms with Gasteiger partial charge in [0.15, 0.2) is 0 Å². The SMILES string of the molecule is CCOc1ccccc1CNC(=O)C1CCN(S(C)(=O)=O)CC1. The van der Waals surface area contributed by atoms with E-state index in [2.05, 4.69) is 5.32 Å². The first-order valence-corrected chi connectivity index (χ1v) is 9.70. The van der Waals surface area contributed by atoms with Gasteiger partial charge < -0.3 is 10.1 Å². The first-order valence-electron chi connectivity index (χ1n) is 7.85. The Morgan fingerprint density at radius 2 is 1.96 bits per heavy atom. The van der Waals surface area contributed by atoms with Gasteiger partial charge in [0.25, 0.3) is 0 Å². The van der Waals surface area contributed by atoms with E-state index in [-0.39, 0.29) is 11.8 Å². The predicted molar refractivity (Wildman–Crippen MR) is 88.6 cm³/mol. The van der Waals surface area contributed by atoms with Crippen LogP contribution >= 0.6 is 0 Å². The molecule has 1 saturated heterocycles. The molecule has 0 bridgehead atoms. The summed E-state index contributed by atoms with van der Waals surface area (Å²) in [7, 11) is -3.16. The Balaban J connectivity index is 1.87. The molecule has 1 heterocycles. The van der Waals surface area contributed by atoms with E-state index in [1.54, 1.807) is 0 Å². The van der Waals surface area contributed by atoms with Gasteiger partial charge in [-0.25, -0.2) is 12.7 Å². The Morgan fingerprint density at radius 1 is 1.30 bits per heavy atom. The molecule has 0 spiro atoms.